The van der Waals surface area contributed by atoms with Gasteiger partial charge in [-0.05, 0) is 35.7 Å². The first kappa shape index (κ1) is 17.3. The highest BCUT2D eigenvalue weighted by Crippen LogP contribution is 2.32. The number of nitrogens with zero attached hydrogens (tertiary/aromatic N) is 1. The van der Waals surface area contributed by atoms with Crippen LogP contribution < -0.4 is 10.2 Å². The minimum absolute atomic E-state index is 0.0536. The van der Waals surface area contributed by atoms with Gasteiger partial charge >= 0.3 is 0 Å². The zero-order valence-electron chi connectivity index (χ0n) is 14.1. The van der Waals surface area contributed by atoms with Crippen LogP contribution in [0.2, 0.25) is 0 Å². The molecule has 0 unspecified atom stereocenters. The van der Waals surface area contributed by atoms with Gasteiger partial charge in [-0.1, -0.05) is 12.1 Å². The summed E-state index contributed by atoms with van der Waals surface area (Å²) in [4.78, 5) is 15.2. The van der Waals surface area contributed by atoms with Gasteiger partial charge < -0.3 is 19.7 Å². The van der Waals surface area contributed by atoms with Gasteiger partial charge in [0, 0.05) is 35.8 Å². The largest absolute Gasteiger partial charge is 0.472 e. The summed E-state index contributed by atoms with van der Waals surface area (Å²) in [5.41, 5.74) is 0.774. The van der Waals surface area contributed by atoms with Crippen LogP contribution >= 0.6 is 11.3 Å². The molecule has 130 valence electrons. The summed E-state index contributed by atoms with van der Waals surface area (Å²) in [7, 11) is 3.84. The van der Waals surface area contributed by atoms with Crippen molar-refractivity contribution in [2.75, 3.05) is 25.5 Å². The van der Waals surface area contributed by atoms with E-state index in [1.165, 1.54) is 23.9 Å². The van der Waals surface area contributed by atoms with E-state index < -0.39 is 5.60 Å². The Morgan fingerprint density at radius 3 is 2.76 bits per heavy atom. The Bertz CT molecular complexity index is 792. The molecular weight excluding hydrogens is 336 g/mol. The summed E-state index contributed by atoms with van der Waals surface area (Å²) in [6, 6.07) is 12.8. The van der Waals surface area contributed by atoms with Crippen LogP contribution in [0.15, 0.2) is 64.8 Å². The van der Waals surface area contributed by atoms with E-state index in [-0.39, 0.29) is 12.5 Å². The fraction of sp³-hybridized carbons (Fsp3) is 0.211. The van der Waals surface area contributed by atoms with Crippen LogP contribution in [0.25, 0.3) is 0 Å². The molecule has 1 atom stereocenters. The average molecular weight is 356 g/mol. The second kappa shape index (κ2) is 7.13. The number of rotatable bonds is 6. The molecule has 2 heterocycles. The smallest absolute Gasteiger partial charge is 0.251 e. The summed E-state index contributed by atoms with van der Waals surface area (Å²) in [6.45, 7) is 0.0536. The number of thiophene rings is 1. The van der Waals surface area contributed by atoms with Crippen molar-refractivity contribution in [3.05, 3.63) is 76.4 Å². The molecule has 1 aromatic carbocycles. The van der Waals surface area contributed by atoms with Crippen molar-refractivity contribution in [2.45, 2.75) is 5.60 Å². The van der Waals surface area contributed by atoms with Crippen LogP contribution in [0.3, 0.4) is 0 Å². The zero-order chi connectivity index (χ0) is 17.9. The molecule has 6 heteroatoms. The Morgan fingerprint density at radius 2 is 2.12 bits per heavy atom. The molecule has 1 amide bonds. The lowest BCUT2D eigenvalue weighted by Gasteiger charge is -2.26. The molecule has 0 aliphatic heterocycles. The summed E-state index contributed by atoms with van der Waals surface area (Å²) in [5, 5.41) is 15.9. The summed E-state index contributed by atoms with van der Waals surface area (Å²) in [5.74, 6) is -0.234. The molecule has 0 spiro atoms. The maximum atomic E-state index is 12.5. The van der Waals surface area contributed by atoms with Crippen molar-refractivity contribution >= 4 is 22.9 Å². The van der Waals surface area contributed by atoms with E-state index in [0.717, 1.165) is 10.6 Å². The van der Waals surface area contributed by atoms with Gasteiger partial charge in [0.05, 0.1) is 19.1 Å². The first-order valence-electron chi connectivity index (χ1n) is 7.85. The molecule has 2 N–H and O–H groups in total. The van der Waals surface area contributed by atoms with Crippen molar-refractivity contribution in [3.8, 4) is 0 Å². The monoisotopic (exact) mass is 356 g/mol. The maximum absolute atomic E-state index is 12.5. The number of carbonyl (C=O) groups excluding carboxylic acids is 1. The van der Waals surface area contributed by atoms with Crippen LogP contribution in [-0.4, -0.2) is 31.7 Å². The third kappa shape index (κ3) is 3.60. The quantitative estimate of drug-likeness (QED) is 0.712. The number of hydrogen-bond donors (Lipinski definition) is 2. The van der Waals surface area contributed by atoms with Gasteiger partial charge in [-0.2, -0.15) is 0 Å². The number of nitrogens with one attached hydrogen (secondary N) is 1. The molecule has 0 radical (unpaired) electrons. The maximum Gasteiger partial charge on any atom is 0.251 e. The molecule has 0 fully saturated rings. The first-order chi connectivity index (χ1) is 12.0. The van der Waals surface area contributed by atoms with E-state index in [9.17, 15) is 9.90 Å². The fourth-order valence-corrected chi connectivity index (χ4v) is 3.43. The van der Waals surface area contributed by atoms with Crippen molar-refractivity contribution < 1.29 is 14.3 Å². The number of aliphatic hydroxyl groups is 1. The van der Waals surface area contributed by atoms with Crippen LogP contribution in [0, 0.1) is 0 Å². The van der Waals surface area contributed by atoms with E-state index in [0.29, 0.717) is 11.1 Å². The number of carbonyl (C=O) groups is 1. The first-order valence-corrected chi connectivity index (χ1v) is 8.73. The third-order valence-corrected chi connectivity index (χ3v) is 5.08. The van der Waals surface area contributed by atoms with Gasteiger partial charge in [0.2, 0.25) is 0 Å². The number of hydrogen-bond acceptors (Lipinski definition) is 5. The molecule has 2 aromatic heterocycles. The Hall–Kier alpha value is -2.57. The molecule has 3 aromatic rings. The third-order valence-electron chi connectivity index (χ3n) is 4.06. The van der Waals surface area contributed by atoms with Crippen LogP contribution in [-0.2, 0) is 5.60 Å². The molecule has 0 aliphatic rings. The topological polar surface area (TPSA) is 65.7 Å². The molecular formula is C19H20N2O3S. The Balaban J connectivity index is 1.80. The average Bonchev–Trinajstić information content (AvgIpc) is 3.33. The second-order valence-corrected chi connectivity index (χ2v) is 6.92. The SMILES string of the molecule is CN(C)c1cccc(C(=O)NC[C@](O)(c2ccoc2)c2cccs2)c1. The number of anilines is 1. The molecule has 5 nitrogen and oxygen atoms in total. The zero-order valence-corrected chi connectivity index (χ0v) is 14.9. The number of benzene rings is 1. The van der Waals surface area contributed by atoms with Crippen LogP contribution in [0.5, 0.6) is 0 Å². The number of furan rings is 1. The lowest BCUT2D eigenvalue weighted by Crippen LogP contribution is -2.41. The van der Waals surface area contributed by atoms with Crippen molar-refractivity contribution in [1.29, 1.82) is 0 Å². The highest BCUT2D eigenvalue weighted by atomic mass is 32.1. The highest BCUT2D eigenvalue weighted by molar-refractivity contribution is 7.10. The molecule has 0 saturated heterocycles. The van der Waals surface area contributed by atoms with E-state index in [1.54, 1.807) is 12.1 Å². The summed E-state index contributed by atoms with van der Waals surface area (Å²) >= 11 is 1.43. The Morgan fingerprint density at radius 1 is 1.28 bits per heavy atom. The van der Waals surface area contributed by atoms with Gasteiger partial charge in [0.15, 0.2) is 0 Å². The van der Waals surface area contributed by atoms with Gasteiger partial charge in [0.25, 0.3) is 5.91 Å². The molecule has 0 saturated carbocycles. The minimum atomic E-state index is -1.32. The lowest BCUT2D eigenvalue weighted by atomic mass is 9.94. The van der Waals surface area contributed by atoms with E-state index in [2.05, 4.69) is 5.32 Å². The second-order valence-electron chi connectivity index (χ2n) is 5.98. The number of amides is 1. The van der Waals surface area contributed by atoms with E-state index in [4.69, 9.17) is 4.42 Å². The van der Waals surface area contributed by atoms with E-state index >= 15 is 0 Å². The minimum Gasteiger partial charge on any atom is -0.472 e. The molecule has 0 aliphatic carbocycles. The predicted molar refractivity (Wildman–Crippen MR) is 99.1 cm³/mol. The lowest BCUT2D eigenvalue weighted by molar-refractivity contribution is 0.0714. The molecule has 3 rings (SSSR count). The Labute approximate surface area is 150 Å². The standard InChI is InChI=1S/C19H20N2O3S/c1-21(2)16-6-3-5-14(11-16)18(22)20-13-19(23,15-8-9-24-12-15)17-7-4-10-25-17/h3-12,23H,13H2,1-2H3,(H,20,22)/t19-/m0/s1. The normalized spacial score (nSPS) is 13.2. The van der Waals surface area contributed by atoms with Crippen LogP contribution in [0.4, 0.5) is 5.69 Å². The molecule has 25 heavy (non-hydrogen) atoms. The predicted octanol–water partition coefficient (Wildman–Crippen LogP) is 3.07. The van der Waals surface area contributed by atoms with Crippen LogP contribution in [0.1, 0.15) is 20.8 Å². The fourth-order valence-electron chi connectivity index (χ4n) is 2.58. The van der Waals surface area contributed by atoms with Crippen molar-refractivity contribution in [1.82, 2.24) is 5.32 Å². The highest BCUT2D eigenvalue weighted by Gasteiger charge is 2.34. The van der Waals surface area contributed by atoms with Gasteiger partial charge in [-0.3, -0.25) is 4.79 Å². The van der Waals surface area contributed by atoms with Crippen molar-refractivity contribution in [2.24, 2.45) is 0 Å². The molecule has 0 bridgehead atoms. The van der Waals surface area contributed by atoms with Gasteiger partial charge in [0.1, 0.15) is 5.60 Å². The summed E-state index contributed by atoms with van der Waals surface area (Å²) in [6.07, 6.45) is 3.01. The van der Waals surface area contributed by atoms with Gasteiger partial charge in [-0.15, -0.1) is 11.3 Å². The van der Waals surface area contributed by atoms with Crippen molar-refractivity contribution in [3.63, 3.8) is 0 Å². The van der Waals surface area contributed by atoms with Gasteiger partial charge in [-0.25, -0.2) is 0 Å². The Kier molecular flexibility index (Phi) is 4.92. The van der Waals surface area contributed by atoms with E-state index in [1.807, 2.05) is 54.7 Å². The summed E-state index contributed by atoms with van der Waals surface area (Å²) < 4.78 is 5.12.